The van der Waals surface area contributed by atoms with E-state index in [4.69, 9.17) is 0 Å². The van der Waals surface area contributed by atoms with Crippen molar-refractivity contribution in [3.63, 3.8) is 0 Å². The lowest BCUT2D eigenvalue weighted by molar-refractivity contribution is 0.437. The van der Waals surface area contributed by atoms with E-state index in [1.54, 1.807) is 12.3 Å². The molecule has 2 N–H and O–H groups in total. The minimum absolute atomic E-state index is 0.357. The highest BCUT2D eigenvalue weighted by Crippen LogP contribution is 2.18. The molecule has 0 spiro atoms. The molecule has 0 aliphatic carbocycles. The quantitative estimate of drug-likeness (QED) is 0.614. The first-order valence-electron chi connectivity index (χ1n) is 6.67. The number of sulfonamides is 1. The van der Waals surface area contributed by atoms with E-state index in [0.717, 1.165) is 25.1 Å². The number of hydrogen-bond acceptors (Lipinski definition) is 3. The average molecular weight is 283 g/mol. The van der Waals surface area contributed by atoms with Crippen LogP contribution in [0.1, 0.15) is 25.5 Å². The molecule has 1 aromatic rings. The summed E-state index contributed by atoms with van der Waals surface area (Å²) < 4.78 is 26.3. The molecule has 0 saturated carbocycles. The predicted octanol–water partition coefficient (Wildman–Crippen LogP) is 1.46. The van der Waals surface area contributed by atoms with E-state index in [9.17, 15) is 8.42 Å². The van der Waals surface area contributed by atoms with Crippen molar-refractivity contribution in [1.82, 2.24) is 14.6 Å². The molecule has 19 heavy (non-hydrogen) atoms. The van der Waals surface area contributed by atoms with Crippen molar-refractivity contribution >= 4 is 10.0 Å². The largest absolute Gasteiger partial charge is 0.363 e. The van der Waals surface area contributed by atoms with Gasteiger partial charge in [0.25, 0.3) is 0 Å². The summed E-state index contributed by atoms with van der Waals surface area (Å²) >= 11 is 0. The Bertz CT molecular complexity index is 534. The van der Waals surface area contributed by atoms with E-state index in [1.807, 2.05) is 12.2 Å². The van der Waals surface area contributed by atoms with Crippen LogP contribution in [0.25, 0.3) is 0 Å². The van der Waals surface area contributed by atoms with Crippen LogP contribution in [0.4, 0.5) is 0 Å². The van der Waals surface area contributed by atoms with Gasteiger partial charge in [-0.15, -0.1) is 0 Å². The van der Waals surface area contributed by atoms with Crippen LogP contribution in [0.2, 0.25) is 0 Å². The lowest BCUT2D eigenvalue weighted by atomic mass is 10.3. The molecule has 5 nitrogen and oxygen atoms in total. The van der Waals surface area contributed by atoms with Crippen LogP contribution in [0.5, 0.6) is 0 Å². The molecule has 0 bridgehead atoms. The van der Waals surface area contributed by atoms with E-state index in [2.05, 4.69) is 17.2 Å². The number of aromatic nitrogens is 1. The molecule has 1 aliphatic heterocycles. The lowest BCUT2D eigenvalue weighted by Gasteiger charge is -2.21. The fraction of sp³-hybridized carbons (Fsp3) is 0.538. The first kappa shape index (κ1) is 14.3. The third-order valence-electron chi connectivity index (χ3n) is 3.12. The highest BCUT2D eigenvalue weighted by Gasteiger charge is 2.25. The molecular formula is C13H21N3O2S. The molecule has 1 aromatic heterocycles. The Balaban J connectivity index is 2.06. The molecule has 0 unspecified atom stereocenters. The Morgan fingerprint density at radius 1 is 1.42 bits per heavy atom. The minimum atomic E-state index is -3.35. The number of hydrogen-bond donors (Lipinski definition) is 2. The number of rotatable bonds is 6. The molecule has 106 valence electrons. The zero-order chi connectivity index (χ0) is 13.7. The van der Waals surface area contributed by atoms with Crippen molar-refractivity contribution in [2.45, 2.75) is 31.2 Å². The fourth-order valence-electron chi connectivity index (χ4n) is 2.06. The first-order valence-corrected chi connectivity index (χ1v) is 8.11. The normalized spacial score (nSPS) is 16.9. The van der Waals surface area contributed by atoms with Crippen LogP contribution >= 0.6 is 0 Å². The summed E-state index contributed by atoms with van der Waals surface area (Å²) in [5, 5.41) is 3.24. The maximum absolute atomic E-state index is 12.4. The SMILES string of the molecule is CCCNCc1cc(S(=O)(=O)N2CC=CCC2)c[nH]1. The van der Waals surface area contributed by atoms with Gasteiger partial charge in [0.2, 0.25) is 10.0 Å². The average Bonchev–Trinajstić information content (AvgIpc) is 2.90. The molecule has 6 heteroatoms. The van der Waals surface area contributed by atoms with E-state index in [1.165, 1.54) is 4.31 Å². The fourth-order valence-corrected chi connectivity index (χ4v) is 3.48. The highest BCUT2D eigenvalue weighted by atomic mass is 32.2. The van der Waals surface area contributed by atoms with Gasteiger partial charge in [0.15, 0.2) is 0 Å². The van der Waals surface area contributed by atoms with Crippen molar-refractivity contribution in [3.05, 3.63) is 30.1 Å². The molecule has 2 rings (SSSR count). The number of H-pyrrole nitrogens is 1. The van der Waals surface area contributed by atoms with Crippen LogP contribution < -0.4 is 5.32 Å². The van der Waals surface area contributed by atoms with Gasteiger partial charge in [-0.05, 0) is 25.5 Å². The second kappa shape index (κ2) is 6.36. The van der Waals surface area contributed by atoms with Gasteiger partial charge in [-0.2, -0.15) is 4.31 Å². The van der Waals surface area contributed by atoms with Crippen molar-refractivity contribution < 1.29 is 8.42 Å². The summed E-state index contributed by atoms with van der Waals surface area (Å²) in [6, 6.07) is 1.72. The molecule has 0 aromatic carbocycles. The van der Waals surface area contributed by atoms with Crippen molar-refractivity contribution in [3.8, 4) is 0 Å². The molecule has 2 heterocycles. The lowest BCUT2D eigenvalue weighted by Crippen LogP contribution is -2.33. The predicted molar refractivity (Wildman–Crippen MR) is 75.3 cm³/mol. The van der Waals surface area contributed by atoms with Gasteiger partial charge in [-0.1, -0.05) is 19.1 Å². The maximum Gasteiger partial charge on any atom is 0.244 e. The summed E-state index contributed by atoms with van der Waals surface area (Å²) in [5.74, 6) is 0. The van der Waals surface area contributed by atoms with Gasteiger partial charge in [-0.3, -0.25) is 0 Å². The standard InChI is InChI=1S/C13H21N3O2S/c1-2-6-14-10-12-9-13(11-15-12)19(17,18)16-7-4-3-5-8-16/h3-4,9,11,14-15H,2,5-8,10H2,1H3. The number of nitrogens with one attached hydrogen (secondary N) is 2. The second-order valence-corrected chi connectivity index (χ2v) is 6.60. The monoisotopic (exact) mass is 283 g/mol. The van der Waals surface area contributed by atoms with Crippen LogP contribution in [-0.2, 0) is 16.6 Å². The van der Waals surface area contributed by atoms with Crippen molar-refractivity contribution in [2.24, 2.45) is 0 Å². The highest BCUT2D eigenvalue weighted by molar-refractivity contribution is 7.89. The molecule has 0 fully saturated rings. The number of aromatic amines is 1. The van der Waals surface area contributed by atoms with Gasteiger partial charge in [0.05, 0.1) is 4.90 Å². The smallest absolute Gasteiger partial charge is 0.244 e. The second-order valence-electron chi connectivity index (χ2n) is 4.66. The Morgan fingerprint density at radius 2 is 2.26 bits per heavy atom. The molecule has 0 atom stereocenters. The van der Waals surface area contributed by atoms with Crippen LogP contribution in [0, 0.1) is 0 Å². The Morgan fingerprint density at radius 3 is 2.95 bits per heavy atom. The topological polar surface area (TPSA) is 65.2 Å². The van der Waals surface area contributed by atoms with E-state index in [0.29, 0.717) is 24.5 Å². The number of nitrogens with zero attached hydrogens (tertiary/aromatic N) is 1. The molecular weight excluding hydrogens is 262 g/mol. The Kier molecular flexibility index (Phi) is 4.79. The summed E-state index contributed by atoms with van der Waals surface area (Å²) in [6.45, 7) is 4.73. The summed E-state index contributed by atoms with van der Waals surface area (Å²) in [4.78, 5) is 3.38. The third-order valence-corrected chi connectivity index (χ3v) is 4.96. The zero-order valence-corrected chi connectivity index (χ0v) is 12.0. The Labute approximate surface area is 114 Å². The maximum atomic E-state index is 12.4. The summed E-state index contributed by atoms with van der Waals surface area (Å²) in [6.07, 6.45) is 7.35. The van der Waals surface area contributed by atoms with E-state index < -0.39 is 10.0 Å². The van der Waals surface area contributed by atoms with E-state index in [-0.39, 0.29) is 0 Å². The third kappa shape index (κ3) is 3.46. The van der Waals surface area contributed by atoms with Gasteiger partial charge in [-0.25, -0.2) is 8.42 Å². The molecule has 0 radical (unpaired) electrons. The van der Waals surface area contributed by atoms with Crippen molar-refractivity contribution in [1.29, 1.82) is 0 Å². The van der Waals surface area contributed by atoms with E-state index >= 15 is 0 Å². The summed E-state index contributed by atoms with van der Waals surface area (Å²) in [5.41, 5.74) is 0.902. The molecule has 0 saturated heterocycles. The van der Waals surface area contributed by atoms with Gasteiger partial charge in [0.1, 0.15) is 0 Å². The minimum Gasteiger partial charge on any atom is -0.363 e. The molecule has 1 aliphatic rings. The van der Waals surface area contributed by atoms with Gasteiger partial charge < -0.3 is 10.3 Å². The zero-order valence-electron chi connectivity index (χ0n) is 11.2. The van der Waals surface area contributed by atoms with Gasteiger partial charge in [0, 0.05) is 31.5 Å². The summed E-state index contributed by atoms with van der Waals surface area (Å²) in [7, 11) is -3.35. The van der Waals surface area contributed by atoms with Crippen LogP contribution in [0.15, 0.2) is 29.3 Å². The molecule has 0 amide bonds. The van der Waals surface area contributed by atoms with Gasteiger partial charge >= 0.3 is 0 Å². The van der Waals surface area contributed by atoms with Crippen molar-refractivity contribution in [2.75, 3.05) is 19.6 Å². The first-order chi connectivity index (χ1) is 9.14. The van der Waals surface area contributed by atoms with Crippen LogP contribution in [0.3, 0.4) is 0 Å². The van der Waals surface area contributed by atoms with Crippen LogP contribution in [-0.4, -0.2) is 37.3 Å². The Hall–Kier alpha value is -1.11.